The summed E-state index contributed by atoms with van der Waals surface area (Å²) >= 11 is 1.50. The summed E-state index contributed by atoms with van der Waals surface area (Å²) in [6.45, 7) is 4.29. The number of hydrogen-bond acceptors (Lipinski definition) is 4. The van der Waals surface area contributed by atoms with Gasteiger partial charge in [-0.05, 0) is 20.3 Å². The number of carboxylic acids is 1. The summed E-state index contributed by atoms with van der Waals surface area (Å²) < 4.78 is 0. The van der Waals surface area contributed by atoms with Crippen molar-refractivity contribution in [3.8, 4) is 0 Å². The molecule has 1 heterocycles. The molecule has 0 atom stereocenters. The van der Waals surface area contributed by atoms with Crippen LogP contribution in [0.5, 0.6) is 0 Å². The molecule has 0 aromatic rings. The van der Waals surface area contributed by atoms with Crippen LogP contribution < -0.4 is 0 Å². The standard InChI is InChI=1S/C12H20N2O4S/c1-9(2)14(5-3-4-12(17)18)10(15)6-13-8-19-7-11(13)16/h9H,3-8H2,1-2H3,(H,17,18). The summed E-state index contributed by atoms with van der Waals surface area (Å²) in [5.74, 6) is 0.0192. The van der Waals surface area contributed by atoms with Crippen LogP contribution in [-0.4, -0.2) is 63.5 Å². The molecule has 0 aromatic carbocycles. The Hall–Kier alpha value is -1.24. The number of nitrogens with zero attached hydrogens (tertiary/aromatic N) is 2. The molecular formula is C12H20N2O4S. The average molecular weight is 288 g/mol. The van der Waals surface area contributed by atoms with Crippen molar-refractivity contribution >= 4 is 29.5 Å². The second-order valence-corrected chi connectivity index (χ2v) is 5.70. The summed E-state index contributed by atoms with van der Waals surface area (Å²) in [6, 6.07) is 0.00616. The van der Waals surface area contributed by atoms with Gasteiger partial charge in [-0.2, -0.15) is 0 Å². The third-order valence-electron chi connectivity index (χ3n) is 2.88. The van der Waals surface area contributed by atoms with Crippen molar-refractivity contribution in [2.24, 2.45) is 0 Å². The van der Waals surface area contributed by atoms with Gasteiger partial charge in [-0.3, -0.25) is 14.4 Å². The fourth-order valence-corrected chi connectivity index (χ4v) is 2.77. The molecule has 1 aliphatic heterocycles. The molecule has 1 saturated heterocycles. The highest BCUT2D eigenvalue weighted by molar-refractivity contribution is 8.00. The molecule has 0 spiro atoms. The number of amides is 2. The Kier molecular flexibility index (Phi) is 6.14. The Morgan fingerprint density at radius 3 is 2.63 bits per heavy atom. The highest BCUT2D eigenvalue weighted by Gasteiger charge is 2.26. The van der Waals surface area contributed by atoms with Crippen LogP contribution >= 0.6 is 11.8 Å². The zero-order valence-corrected chi connectivity index (χ0v) is 12.1. The summed E-state index contributed by atoms with van der Waals surface area (Å²) in [4.78, 5) is 37.3. The van der Waals surface area contributed by atoms with Crippen LogP contribution in [0.15, 0.2) is 0 Å². The minimum atomic E-state index is -0.859. The Bertz CT molecular complexity index is 360. The molecule has 7 heteroatoms. The van der Waals surface area contributed by atoms with Crippen LogP contribution in [0, 0.1) is 0 Å². The lowest BCUT2D eigenvalue weighted by atomic mass is 10.2. The van der Waals surface area contributed by atoms with Gasteiger partial charge in [-0.25, -0.2) is 0 Å². The van der Waals surface area contributed by atoms with Gasteiger partial charge >= 0.3 is 5.97 Å². The summed E-state index contributed by atoms with van der Waals surface area (Å²) in [7, 11) is 0. The molecule has 1 N–H and O–H groups in total. The first-order chi connectivity index (χ1) is 8.91. The molecule has 0 aromatic heterocycles. The first-order valence-corrected chi connectivity index (χ1v) is 7.44. The Morgan fingerprint density at radius 1 is 1.47 bits per heavy atom. The second kappa shape index (κ2) is 7.37. The molecule has 19 heavy (non-hydrogen) atoms. The molecule has 2 amide bonds. The molecule has 1 aliphatic rings. The minimum Gasteiger partial charge on any atom is -0.481 e. The Balaban J connectivity index is 2.47. The van der Waals surface area contributed by atoms with Crippen molar-refractivity contribution in [1.82, 2.24) is 9.80 Å². The van der Waals surface area contributed by atoms with Crippen molar-refractivity contribution in [3.05, 3.63) is 0 Å². The van der Waals surface area contributed by atoms with Crippen molar-refractivity contribution in [2.45, 2.75) is 32.7 Å². The van der Waals surface area contributed by atoms with Crippen molar-refractivity contribution < 1.29 is 19.5 Å². The van der Waals surface area contributed by atoms with Gasteiger partial charge in [-0.15, -0.1) is 11.8 Å². The van der Waals surface area contributed by atoms with Gasteiger partial charge in [0.05, 0.1) is 11.6 Å². The van der Waals surface area contributed by atoms with Gasteiger partial charge in [0.1, 0.15) is 6.54 Å². The second-order valence-electron chi connectivity index (χ2n) is 4.75. The van der Waals surface area contributed by atoms with Crippen LogP contribution in [0.1, 0.15) is 26.7 Å². The lowest BCUT2D eigenvalue weighted by Gasteiger charge is -2.28. The molecule has 1 fully saturated rings. The number of aliphatic carboxylic acids is 1. The average Bonchev–Trinajstić information content (AvgIpc) is 2.69. The smallest absolute Gasteiger partial charge is 0.303 e. The maximum absolute atomic E-state index is 12.1. The van der Waals surface area contributed by atoms with E-state index in [0.29, 0.717) is 24.6 Å². The van der Waals surface area contributed by atoms with Gasteiger partial charge in [0.15, 0.2) is 0 Å². The monoisotopic (exact) mass is 288 g/mol. The van der Waals surface area contributed by atoms with E-state index < -0.39 is 5.97 Å². The first kappa shape index (κ1) is 15.8. The highest BCUT2D eigenvalue weighted by Crippen LogP contribution is 2.15. The van der Waals surface area contributed by atoms with Crippen LogP contribution in [0.3, 0.4) is 0 Å². The summed E-state index contributed by atoms with van der Waals surface area (Å²) in [5.41, 5.74) is 0. The molecule has 108 valence electrons. The van der Waals surface area contributed by atoms with E-state index in [4.69, 9.17) is 5.11 Å². The van der Waals surface area contributed by atoms with Crippen molar-refractivity contribution in [2.75, 3.05) is 24.7 Å². The molecule has 0 unspecified atom stereocenters. The summed E-state index contributed by atoms with van der Waals surface area (Å²) in [6.07, 6.45) is 0.483. The fourth-order valence-electron chi connectivity index (χ4n) is 1.87. The van der Waals surface area contributed by atoms with E-state index in [1.54, 1.807) is 9.80 Å². The Labute approximate surface area is 117 Å². The first-order valence-electron chi connectivity index (χ1n) is 6.28. The fraction of sp³-hybridized carbons (Fsp3) is 0.750. The number of thioether (sulfide) groups is 1. The lowest BCUT2D eigenvalue weighted by molar-refractivity contribution is -0.140. The van der Waals surface area contributed by atoms with Gasteiger partial charge < -0.3 is 14.9 Å². The maximum atomic E-state index is 12.1. The quantitative estimate of drug-likeness (QED) is 0.743. The SMILES string of the molecule is CC(C)N(CCCC(=O)O)C(=O)CN1CSCC1=O. The predicted molar refractivity (Wildman–Crippen MR) is 72.8 cm³/mol. The van der Waals surface area contributed by atoms with E-state index in [0.717, 1.165) is 0 Å². The highest BCUT2D eigenvalue weighted by atomic mass is 32.2. The van der Waals surface area contributed by atoms with Gasteiger partial charge in [0, 0.05) is 19.0 Å². The van der Waals surface area contributed by atoms with Crippen molar-refractivity contribution in [1.29, 1.82) is 0 Å². The third-order valence-corrected chi connectivity index (χ3v) is 3.83. The topological polar surface area (TPSA) is 77.9 Å². The summed E-state index contributed by atoms with van der Waals surface area (Å²) in [5, 5.41) is 8.61. The van der Waals surface area contributed by atoms with E-state index in [2.05, 4.69) is 0 Å². The van der Waals surface area contributed by atoms with Crippen LogP contribution in [0.4, 0.5) is 0 Å². The zero-order chi connectivity index (χ0) is 14.4. The van der Waals surface area contributed by atoms with Crippen LogP contribution in [0.2, 0.25) is 0 Å². The van der Waals surface area contributed by atoms with Crippen LogP contribution in [-0.2, 0) is 14.4 Å². The number of carboxylic acid groups (broad SMARTS) is 1. The lowest BCUT2D eigenvalue weighted by Crippen LogP contribution is -2.44. The molecular weight excluding hydrogens is 268 g/mol. The van der Waals surface area contributed by atoms with E-state index in [-0.39, 0.29) is 30.8 Å². The van der Waals surface area contributed by atoms with E-state index in [9.17, 15) is 14.4 Å². The van der Waals surface area contributed by atoms with E-state index >= 15 is 0 Å². The van der Waals surface area contributed by atoms with Gasteiger partial charge in [-0.1, -0.05) is 0 Å². The molecule has 0 radical (unpaired) electrons. The van der Waals surface area contributed by atoms with Gasteiger partial charge in [0.2, 0.25) is 11.8 Å². The number of hydrogen-bond donors (Lipinski definition) is 1. The van der Waals surface area contributed by atoms with Crippen molar-refractivity contribution in [3.63, 3.8) is 0 Å². The molecule has 1 rings (SSSR count). The number of carbonyl (C=O) groups excluding carboxylic acids is 2. The Morgan fingerprint density at radius 2 is 2.16 bits per heavy atom. The van der Waals surface area contributed by atoms with Gasteiger partial charge in [0.25, 0.3) is 0 Å². The van der Waals surface area contributed by atoms with E-state index in [1.807, 2.05) is 13.8 Å². The van der Waals surface area contributed by atoms with Crippen LogP contribution in [0.25, 0.3) is 0 Å². The molecule has 0 saturated carbocycles. The third kappa shape index (κ3) is 5.10. The molecule has 6 nitrogen and oxygen atoms in total. The molecule has 0 bridgehead atoms. The largest absolute Gasteiger partial charge is 0.481 e. The normalized spacial score (nSPS) is 15.1. The minimum absolute atomic E-state index is 0.00616. The number of rotatable bonds is 7. The predicted octanol–water partition coefficient (Wildman–Crippen LogP) is 0.621. The number of carbonyl (C=O) groups is 3. The maximum Gasteiger partial charge on any atom is 0.303 e. The zero-order valence-electron chi connectivity index (χ0n) is 11.3. The van der Waals surface area contributed by atoms with E-state index in [1.165, 1.54) is 11.8 Å². The molecule has 0 aliphatic carbocycles.